The lowest BCUT2D eigenvalue weighted by atomic mass is 9.76. The van der Waals surface area contributed by atoms with Crippen LogP contribution in [0.5, 0.6) is 0 Å². The van der Waals surface area contributed by atoms with Gasteiger partial charge in [0.25, 0.3) is 0 Å². The van der Waals surface area contributed by atoms with E-state index < -0.39 is 0 Å². The number of ether oxygens (including phenoxy) is 1. The molecule has 1 rings (SSSR count). The van der Waals surface area contributed by atoms with E-state index in [-0.39, 0.29) is 5.78 Å². The zero-order valence-electron chi connectivity index (χ0n) is 9.05. The molecule has 1 saturated heterocycles. The Bertz CT molecular complexity index is 204. The quantitative estimate of drug-likeness (QED) is 0.585. The van der Waals surface area contributed by atoms with Crippen molar-refractivity contribution in [2.75, 3.05) is 13.2 Å². The summed E-state index contributed by atoms with van der Waals surface area (Å²) in [6.07, 6.45) is 6.69. The van der Waals surface area contributed by atoms with Crippen molar-refractivity contribution < 1.29 is 9.53 Å². The third-order valence-corrected chi connectivity index (χ3v) is 3.01. The number of ketones is 1. The van der Waals surface area contributed by atoms with Crippen molar-refractivity contribution >= 4 is 5.78 Å². The molecule has 0 radical (unpaired) electrons. The molecule has 14 heavy (non-hydrogen) atoms. The fourth-order valence-corrected chi connectivity index (χ4v) is 1.85. The summed E-state index contributed by atoms with van der Waals surface area (Å²) < 4.78 is 5.26. The van der Waals surface area contributed by atoms with Gasteiger partial charge in [0, 0.05) is 11.8 Å². The van der Waals surface area contributed by atoms with Crippen LogP contribution in [-0.4, -0.2) is 19.0 Å². The normalized spacial score (nSPS) is 18.6. The Labute approximate surface area is 86.3 Å². The SMILES string of the molecule is C=CC(=O)CCC1(CCCC)COC1. The highest BCUT2D eigenvalue weighted by Gasteiger charge is 2.37. The van der Waals surface area contributed by atoms with Crippen LogP contribution in [0.2, 0.25) is 0 Å². The molecule has 0 spiro atoms. The van der Waals surface area contributed by atoms with E-state index in [1.807, 2.05) is 0 Å². The molecule has 2 heteroatoms. The molecule has 0 aromatic heterocycles. The number of carbonyl (C=O) groups is 1. The van der Waals surface area contributed by atoms with Crippen molar-refractivity contribution in [1.29, 1.82) is 0 Å². The first-order chi connectivity index (χ1) is 6.72. The minimum Gasteiger partial charge on any atom is -0.380 e. The summed E-state index contributed by atoms with van der Waals surface area (Å²) in [6, 6.07) is 0. The van der Waals surface area contributed by atoms with Gasteiger partial charge in [-0.15, -0.1) is 0 Å². The second-order valence-electron chi connectivity index (χ2n) is 4.27. The van der Waals surface area contributed by atoms with Crippen LogP contribution in [0.3, 0.4) is 0 Å². The van der Waals surface area contributed by atoms with Crippen molar-refractivity contribution in [3.05, 3.63) is 12.7 Å². The molecule has 2 nitrogen and oxygen atoms in total. The zero-order valence-corrected chi connectivity index (χ0v) is 9.05. The van der Waals surface area contributed by atoms with Crippen LogP contribution >= 0.6 is 0 Å². The summed E-state index contributed by atoms with van der Waals surface area (Å²) in [6.45, 7) is 7.37. The Kier molecular flexibility index (Phi) is 4.33. The van der Waals surface area contributed by atoms with E-state index in [9.17, 15) is 4.79 Å². The first kappa shape index (κ1) is 11.4. The highest BCUT2D eigenvalue weighted by molar-refractivity contribution is 5.88. The maximum Gasteiger partial charge on any atom is 0.155 e. The Balaban J connectivity index is 2.29. The van der Waals surface area contributed by atoms with Crippen molar-refractivity contribution in [2.45, 2.75) is 39.0 Å². The van der Waals surface area contributed by atoms with Crippen molar-refractivity contribution in [2.24, 2.45) is 5.41 Å². The first-order valence-electron chi connectivity index (χ1n) is 5.45. The largest absolute Gasteiger partial charge is 0.380 e. The molecular weight excluding hydrogens is 176 g/mol. The van der Waals surface area contributed by atoms with Gasteiger partial charge in [-0.1, -0.05) is 26.3 Å². The second kappa shape index (κ2) is 5.30. The predicted molar refractivity (Wildman–Crippen MR) is 57.2 cm³/mol. The Hall–Kier alpha value is -0.630. The van der Waals surface area contributed by atoms with Crippen molar-refractivity contribution in [3.8, 4) is 0 Å². The minimum atomic E-state index is 0.160. The first-order valence-corrected chi connectivity index (χ1v) is 5.45. The number of allylic oxidation sites excluding steroid dienone is 1. The average molecular weight is 196 g/mol. The van der Waals surface area contributed by atoms with Gasteiger partial charge in [0.2, 0.25) is 0 Å². The number of hydrogen-bond donors (Lipinski definition) is 0. The lowest BCUT2D eigenvalue weighted by Gasteiger charge is -2.41. The van der Waals surface area contributed by atoms with E-state index in [0.29, 0.717) is 11.8 Å². The number of carbonyl (C=O) groups excluding carboxylic acids is 1. The monoisotopic (exact) mass is 196 g/mol. The summed E-state index contributed by atoms with van der Waals surface area (Å²) in [7, 11) is 0. The van der Waals surface area contributed by atoms with Crippen molar-refractivity contribution in [1.82, 2.24) is 0 Å². The smallest absolute Gasteiger partial charge is 0.155 e. The highest BCUT2D eigenvalue weighted by Crippen LogP contribution is 2.37. The molecule has 0 aromatic carbocycles. The molecule has 0 saturated carbocycles. The van der Waals surface area contributed by atoms with Gasteiger partial charge in [-0.2, -0.15) is 0 Å². The molecule has 1 aliphatic rings. The predicted octanol–water partition coefficient (Wildman–Crippen LogP) is 2.73. The minimum absolute atomic E-state index is 0.160. The Morgan fingerprint density at radius 3 is 2.64 bits per heavy atom. The summed E-state index contributed by atoms with van der Waals surface area (Å²) >= 11 is 0. The molecule has 0 bridgehead atoms. The molecule has 0 aliphatic carbocycles. The van der Waals surface area contributed by atoms with Crippen LogP contribution in [0.25, 0.3) is 0 Å². The fourth-order valence-electron chi connectivity index (χ4n) is 1.85. The van der Waals surface area contributed by atoms with Crippen LogP contribution < -0.4 is 0 Å². The lowest BCUT2D eigenvalue weighted by Crippen LogP contribution is -2.42. The van der Waals surface area contributed by atoms with E-state index in [0.717, 1.165) is 19.6 Å². The Morgan fingerprint density at radius 2 is 2.21 bits per heavy atom. The van der Waals surface area contributed by atoms with Gasteiger partial charge in [-0.25, -0.2) is 0 Å². The van der Waals surface area contributed by atoms with Gasteiger partial charge in [0.1, 0.15) is 0 Å². The zero-order chi connectivity index (χ0) is 10.4. The topological polar surface area (TPSA) is 26.3 Å². The van der Waals surface area contributed by atoms with E-state index in [2.05, 4.69) is 13.5 Å². The molecule has 0 atom stereocenters. The van der Waals surface area contributed by atoms with Crippen LogP contribution in [0.15, 0.2) is 12.7 Å². The second-order valence-corrected chi connectivity index (χ2v) is 4.27. The molecule has 1 fully saturated rings. The van der Waals surface area contributed by atoms with E-state index in [4.69, 9.17) is 4.74 Å². The van der Waals surface area contributed by atoms with Gasteiger partial charge in [0.05, 0.1) is 13.2 Å². The molecular formula is C12H20O2. The van der Waals surface area contributed by atoms with E-state index >= 15 is 0 Å². The molecule has 0 aromatic rings. The number of unbranched alkanes of at least 4 members (excludes halogenated alkanes) is 1. The number of hydrogen-bond acceptors (Lipinski definition) is 2. The average Bonchev–Trinajstić information content (AvgIpc) is 2.15. The molecule has 1 heterocycles. The summed E-state index contributed by atoms with van der Waals surface area (Å²) in [5, 5.41) is 0. The summed E-state index contributed by atoms with van der Waals surface area (Å²) in [5.41, 5.74) is 0.314. The highest BCUT2D eigenvalue weighted by atomic mass is 16.5. The van der Waals surface area contributed by atoms with Gasteiger partial charge in [-0.05, 0) is 18.9 Å². The van der Waals surface area contributed by atoms with Gasteiger partial charge in [0.15, 0.2) is 5.78 Å². The van der Waals surface area contributed by atoms with Crippen molar-refractivity contribution in [3.63, 3.8) is 0 Å². The Morgan fingerprint density at radius 1 is 1.50 bits per heavy atom. The summed E-state index contributed by atoms with van der Waals surface area (Å²) in [4.78, 5) is 11.1. The third kappa shape index (κ3) is 2.95. The van der Waals surface area contributed by atoms with Crippen LogP contribution in [0.4, 0.5) is 0 Å². The molecule has 0 unspecified atom stereocenters. The molecule has 0 amide bonds. The maximum absolute atomic E-state index is 11.1. The van der Waals surface area contributed by atoms with E-state index in [1.54, 1.807) is 0 Å². The van der Waals surface area contributed by atoms with E-state index in [1.165, 1.54) is 25.3 Å². The van der Waals surface area contributed by atoms with Gasteiger partial charge in [-0.3, -0.25) is 4.79 Å². The van der Waals surface area contributed by atoms with Crippen LogP contribution in [0.1, 0.15) is 39.0 Å². The van der Waals surface area contributed by atoms with Gasteiger partial charge < -0.3 is 4.74 Å². The van der Waals surface area contributed by atoms with Crippen LogP contribution in [0, 0.1) is 5.41 Å². The van der Waals surface area contributed by atoms with Crippen LogP contribution in [-0.2, 0) is 9.53 Å². The summed E-state index contributed by atoms with van der Waals surface area (Å²) in [5.74, 6) is 0.160. The fraction of sp³-hybridized carbons (Fsp3) is 0.750. The molecule has 80 valence electrons. The standard InChI is InChI=1S/C12H20O2/c1-3-5-7-12(9-14-10-12)8-6-11(13)4-2/h4H,2-3,5-10H2,1H3. The lowest BCUT2D eigenvalue weighted by molar-refractivity contribution is -0.130. The molecule has 1 aliphatic heterocycles. The molecule has 0 N–H and O–H groups in total. The maximum atomic E-state index is 11.1. The van der Waals surface area contributed by atoms with Gasteiger partial charge >= 0.3 is 0 Å². The number of rotatable bonds is 7. The third-order valence-electron chi connectivity index (χ3n) is 3.01.